The van der Waals surface area contributed by atoms with Crippen LogP contribution in [0.2, 0.25) is 0 Å². The highest BCUT2D eigenvalue weighted by atomic mass is 16.5. The van der Waals surface area contributed by atoms with Gasteiger partial charge in [-0.25, -0.2) is 4.79 Å². The van der Waals surface area contributed by atoms with Crippen LogP contribution in [-0.4, -0.2) is 26.4 Å². The minimum absolute atomic E-state index is 0.266. The number of amides is 2. The molecule has 0 fully saturated rings. The number of aryl methyl sites for hydroxylation is 2. The molecule has 0 atom stereocenters. The van der Waals surface area contributed by atoms with Gasteiger partial charge in [0.2, 0.25) is 0 Å². The molecule has 0 aliphatic heterocycles. The zero-order valence-corrected chi connectivity index (χ0v) is 14.4. The summed E-state index contributed by atoms with van der Waals surface area (Å²) in [5.74, 6) is 0.621. The van der Waals surface area contributed by atoms with Gasteiger partial charge in [-0.05, 0) is 37.1 Å². The van der Waals surface area contributed by atoms with E-state index in [1.54, 1.807) is 13.2 Å². The zero-order valence-electron chi connectivity index (χ0n) is 14.4. The Hall–Kier alpha value is -2.53. The molecule has 2 rings (SSSR count). The molecular formula is C19H24N2O3. The lowest BCUT2D eigenvalue weighted by molar-refractivity contribution is 0.146. The van der Waals surface area contributed by atoms with E-state index in [-0.39, 0.29) is 6.03 Å². The summed E-state index contributed by atoms with van der Waals surface area (Å²) in [6.45, 7) is 5.50. The topological polar surface area (TPSA) is 59.6 Å². The molecular weight excluding hydrogens is 304 g/mol. The van der Waals surface area contributed by atoms with E-state index < -0.39 is 0 Å². The normalized spacial score (nSPS) is 10.3. The highest BCUT2D eigenvalue weighted by Crippen LogP contribution is 2.23. The van der Waals surface area contributed by atoms with Crippen molar-refractivity contribution in [2.75, 3.05) is 25.6 Å². The van der Waals surface area contributed by atoms with Crippen LogP contribution in [0, 0.1) is 13.8 Å². The van der Waals surface area contributed by atoms with Gasteiger partial charge in [-0.2, -0.15) is 0 Å². The molecule has 0 aliphatic carbocycles. The fourth-order valence-corrected chi connectivity index (χ4v) is 2.32. The van der Waals surface area contributed by atoms with E-state index >= 15 is 0 Å². The van der Waals surface area contributed by atoms with E-state index in [2.05, 4.69) is 23.6 Å². The predicted molar refractivity (Wildman–Crippen MR) is 95.6 cm³/mol. The number of hydrogen-bond acceptors (Lipinski definition) is 3. The molecule has 0 spiro atoms. The minimum Gasteiger partial charge on any atom is -0.489 e. The molecule has 24 heavy (non-hydrogen) atoms. The molecule has 5 nitrogen and oxygen atoms in total. The van der Waals surface area contributed by atoms with Crippen molar-refractivity contribution in [1.82, 2.24) is 5.32 Å². The molecule has 0 saturated carbocycles. The Morgan fingerprint density at radius 2 is 1.88 bits per heavy atom. The molecule has 0 radical (unpaired) electrons. The number of nitrogens with one attached hydrogen (secondary N) is 2. The molecule has 2 aromatic rings. The molecule has 0 aliphatic rings. The molecule has 2 aromatic carbocycles. The van der Waals surface area contributed by atoms with Crippen LogP contribution >= 0.6 is 0 Å². The van der Waals surface area contributed by atoms with Gasteiger partial charge in [0.05, 0.1) is 12.3 Å². The van der Waals surface area contributed by atoms with Crippen LogP contribution in [0.5, 0.6) is 5.75 Å². The largest absolute Gasteiger partial charge is 0.489 e. The second kappa shape index (κ2) is 8.93. The number of ether oxygens (including phenoxy) is 2. The maximum Gasteiger partial charge on any atom is 0.319 e. The molecule has 128 valence electrons. The highest BCUT2D eigenvalue weighted by molar-refractivity contribution is 5.90. The average molecular weight is 328 g/mol. The first-order valence-electron chi connectivity index (χ1n) is 7.92. The Morgan fingerprint density at radius 1 is 1.08 bits per heavy atom. The smallest absolute Gasteiger partial charge is 0.319 e. The summed E-state index contributed by atoms with van der Waals surface area (Å²) in [5.41, 5.74) is 4.11. The van der Waals surface area contributed by atoms with Crippen LogP contribution in [0.3, 0.4) is 0 Å². The number of methoxy groups -OCH3 is 1. The lowest BCUT2D eigenvalue weighted by atomic mass is 10.1. The van der Waals surface area contributed by atoms with Crippen molar-refractivity contribution < 1.29 is 14.3 Å². The number of benzene rings is 2. The van der Waals surface area contributed by atoms with Crippen LogP contribution < -0.4 is 15.4 Å². The first kappa shape index (κ1) is 17.8. The molecule has 0 saturated heterocycles. The summed E-state index contributed by atoms with van der Waals surface area (Å²) in [4.78, 5) is 12.1. The Balaban J connectivity index is 1.92. The van der Waals surface area contributed by atoms with Crippen LogP contribution in [0.15, 0.2) is 42.5 Å². The van der Waals surface area contributed by atoms with Gasteiger partial charge in [0.15, 0.2) is 0 Å². The molecule has 0 heterocycles. The molecule has 0 unspecified atom stereocenters. The number of urea groups is 1. The second-order valence-corrected chi connectivity index (χ2v) is 5.58. The van der Waals surface area contributed by atoms with Crippen molar-refractivity contribution in [3.05, 3.63) is 59.2 Å². The van der Waals surface area contributed by atoms with Crippen molar-refractivity contribution in [2.24, 2.45) is 0 Å². The van der Waals surface area contributed by atoms with Gasteiger partial charge in [0.25, 0.3) is 0 Å². The first-order chi connectivity index (χ1) is 11.6. The number of carbonyl (C=O) groups is 1. The van der Waals surface area contributed by atoms with Gasteiger partial charge in [-0.1, -0.05) is 35.9 Å². The van der Waals surface area contributed by atoms with E-state index in [0.717, 1.165) is 5.56 Å². The number of anilines is 1. The molecule has 5 heteroatoms. The van der Waals surface area contributed by atoms with Gasteiger partial charge < -0.3 is 20.1 Å². The molecule has 0 aromatic heterocycles. The third-order valence-electron chi connectivity index (χ3n) is 3.62. The summed E-state index contributed by atoms with van der Waals surface area (Å²) in [7, 11) is 1.62. The fourth-order valence-electron chi connectivity index (χ4n) is 2.32. The van der Waals surface area contributed by atoms with Gasteiger partial charge in [-0.15, -0.1) is 0 Å². The minimum atomic E-state index is -0.266. The second-order valence-electron chi connectivity index (χ2n) is 5.58. The van der Waals surface area contributed by atoms with E-state index in [0.29, 0.717) is 31.2 Å². The summed E-state index contributed by atoms with van der Waals surface area (Å²) in [6.07, 6.45) is 0. The average Bonchev–Trinajstić information content (AvgIpc) is 2.56. The van der Waals surface area contributed by atoms with E-state index in [9.17, 15) is 4.79 Å². The predicted octanol–water partition coefficient (Wildman–Crippen LogP) is 3.65. The first-order valence-corrected chi connectivity index (χ1v) is 7.92. The van der Waals surface area contributed by atoms with Crippen LogP contribution in [0.25, 0.3) is 0 Å². The van der Waals surface area contributed by atoms with Gasteiger partial charge in [0.1, 0.15) is 12.4 Å². The van der Waals surface area contributed by atoms with E-state index in [1.165, 1.54) is 11.1 Å². The van der Waals surface area contributed by atoms with Crippen molar-refractivity contribution in [1.29, 1.82) is 0 Å². The van der Waals surface area contributed by atoms with Crippen molar-refractivity contribution in [3.63, 3.8) is 0 Å². The van der Waals surface area contributed by atoms with Crippen molar-refractivity contribution in [2.45, 2.75) is 20.4 Å². The maximum atomic E-state index is 12.1. The van der Waals surface area contributed by atoms with Crippen LogP contribution in [0.4, 0.5) is 10.5 Å². The Bertz CT molecular complexity index is 686. The lowest BCUT2D eigenvalue weighted by Crippen LogP contribution is -2.28. The van der Waals surface area contributed by atoms with Crippen molar-refractivity contribution in [3.8, 4) is 5.75 Å². The Morgan fingerprint density at radius 3 is 2.62 bits per heavy atom. The number of carbonyl (C=O) groups excluding carboxylic acids is 1. The van der Waals surface area contributed by atoms with E-state index in [4.69, 9.17) is 9.47 Å². The number of rotatable bonds is 7. The van der Waals surface area contributed by atoms with Gasteiger partial charge in [0, 0.05) is 13.7 Å². The van der Waals surface area contributed by atoms with Gasteiger partial charge in [-0.3, -0.25) is 0 Å². The summed E-state index contributed by atoms with van der Waals surface area (Å²) in [6, 6.07) is 13.2. The number of hydrogen-bond donors (Lipinski definition) is 2. The van der Waals surface area contributed by atoms with Gasteiger partial charge >= 0.3 is 6.03 Å². The summed E-state index contributed by atoms with van der Waals surface area (Å²) < 4.78 is 10.6. The SMILES string of the molecule is COCCOc1ccccc1NC(=O)NCc1ccc(C)cc1C. The monoisotopic (exact) mass is 328 g/mol. The quantitative estimate of drug-likeness (QED) is 0.763. The third-order valence-corrected chi connectivity index (χ3v) is 3.62. The van der Waals surface area contributed by atoms with Crippen LogP contribution in [-0.2, 0) is 11.3 Å². The Kier molecular flexibility index (Phi) is 6.63. The molecule has 2 amide bonds. The van der Waals surface area contributed by atoms with Crippen molar-refractivity contribution >= 4 is 11.7 Å². The van der Waals surface area contributed by atoms with E-state index in [1.807, 2.05) is 37.3 Å². The molecule has 0 bridgehead atoms. The number of para-hydroxylation sites is 2. The highest BCUT2D eigenvalue weighted by Gasteiger charge is 2.08. The van der Waals surface area contributed by atoms with Crippen LogP contribution in [0.1, 0.15) is 16.7 Å². The third kappa shape index (κ3) is 5.28. The summed E-state index contributed by atoms with van der Waals surface area (Å²) >= 11 is 0. The standard InChI is InChI=1S/C19H24N2O3/c1-14-8-9-16(15(2)12-14)13-20-19(22)21-17-6-4-5-7-18(17)24-11-10-23-3/h4-9,12H,10-11,13H2,1-3H3,(H2,20,21,22). The maximum absolute atomic E-state index is 12.1. The zero-order chi connectivity index (χ0) is 17.4. The Labute approximate surface area is 143 Å². The fraction of sp³-hybridized carbons (Fsp3) is 0.316. The molecule has 2 N–H and O–H groups in total. The summed E-state index contributed by atoms with van der Waals surface area (Å²) in [5, 5.41) is 5.69. The lowest BCUT2D eigenvalue weighted by Gasteiger charge is -2.13.